The Morgan fingerprint density at radius 1 is 1.31 bits per heavy atom. The fraction of sp³-hybridized carbons (Fsp3) is 0.500. The number of rotatable bonds is 6. The number of hydrogen-bond acceptors (Lipinski definition) is 6. The van der Waals surface area contributed by atoms with E-state index in [1.165, 1.54) is 0 Å². The minimum Gasteiger partial charge on any atom is -0.491 e. The Hall–Kier alpha value is -1.96. The summed E-state index contributed by atoms with van der Waals surface area (Å²) < 4.78 is 18.5. The van der Waals surface area contributed by atoms with Gasteiger partial charge in [0.25, 0.3) is 5.56 Å². The van der Waals surface area contributed by atoms with E-state index in [4.69, 9.17) is 25.8 Å². The van der Waals surface area contributed by atoms with Crippen LogP contribution in [-0.2, 0) is 15.2 Å². The van der Waals surface area contributed by atoms with Crippen molar-refractivity contribution in [1.29, 1.82) is 0 Å². The highest BCUT2D eigenvalue weighted by Crippen LogP contribution is 2.48. The Bertz CT molecular complexity index is 1150. The zero-order valence-electron chi connectivity index (χ0n) is 18.4. The lowest BCUT2D eigenvalue weighted by Crippen LogP contribution is -2.44. The van der Waals surface area contributed by atoms with Crippen LogP contribution in [0.25, 0.3) is 11.3 Å². The number of halogens is 1. The van der Waals surface area contributed by atoms with E-state index < -0.39 is 5.97 Å². The van der Waals surface area contributed by atoms with E-state index in [0.29, 0.717) is 36.3 Å². The molecule has 0 radical (unpaired) electrons. The first-order valence-corrected chi connectivity index (χ1v) is 12.3. The third-order valence-corrected chi connectivity index (χ3v) is 7.34. The van der Waals surface area contributed by atoms with E-state index in [9.17, 15) is 9.59 Å². The molecule has 2 aliphatic heterocycles. The van der Waals surface area contributed by atoms with Crippen molar-refractivity contribution >= 4 is 29.3 Å². The summed E-state index contributed by atoms with van der Waals surface area (Å²) in [5, 5.41) is 0.513. The molecule has 0 bridgehead atoms. The summed E-state index contributed by atoms with van der Waals surface area (Å²) in [7, 11) is 0. The van der Waals surface area contributed by atoms with Gasteiger partial charge in [-0.2, -0.15) is 0 Å². The largest absolute Gasteiger partial charge is 0.491 e. The Kier molecular flexibility index (Phi) is 5.55. The molecule has 0 amide bonds. The van der Waals surface area contributed by atoms with Crippen LogP contribution in [0.15, 0.2) is 27.9 Å². The molecule has 6 nitrogen and oxygen atoms in total. The summed E-state index contributed by atoms with van der Waals surface area (Å²) in [5.41, 5.74) is 2.57. The maximum absolute atomic E-state index is 13.3. The zero-order valence-corrected chi connectivity index (χ0v) is 20.0. The van der Waals surface area contributed by atoms with Gasteiger partial charge in [0.1, 0.15) is 11.3 Å². The van der Waals surface area contributed by atoms with Gasteiger partial charge in [-0.3, -0.25) is 4.79 Å². The minimum absolute atomic E-state index is 0.0203. The highest BCUT2D eigenvalue weighted by Gasteiger charge is 2.36. The average molecular weight is 476 g/mol. The molecule has 1 aromatic heterocycles. The summed E-state index contributed by atoms with van der Waals surface area (Å²) in [6.45, 7) is 7.61. The van der Waals surface area contributed by atoms with Crippen molar-refractivity contribution in [3.05, 3.63) is 44.7 Å². The average Bonchev–Trinajstić information content (AvgIpc) is 3.55. The van der Waals surface area contributed by atoms with Crippen LogP contribution in [0, 0.1) is 5.41 Å². The lowest BCUT2D eigenvalue weighted by Gasteiger charge is -2.37. The summed E-state index contributed by atoms with van der Waals surface area (Å²) in [6.07, 6.45) is 1.56. The number of nitrogens with zero attached hydrogens (tertiary/aromatic N) is 1. The second kappa shape index (κ2) is 8.12. The number of thioether (sulfide) groups is 1. The molecular formula is C24H26ClNO5S. The van der Waals surface area contributed by atoms with Crippen molar-refractivity contribution < 1.29 is 19.0 Å². The molecule has 1 saturated carbocycles. The van der Waals surface area contributed by atoms with Gasteiger partial charge in [-0.25, -0.2) is 4.79 Å². The third-order valence-electron chi connectivity index (χ3n) is 5.94. The Morgan fingerprint density at radius 3 is 2.69 bits per heavy atom. The predicted octanol–water partition coefficient (Wildman–Crippen LogP) is 5.09. The van der Waals surface area contributed by atoms with Crippen LogP contribution in [0.3, 0.4) is 0 Å². The Morgan fingerprint density at radius 2 is 2.06 bits per heavy atom. The molecule has 1 saturated heterocycles. The van der Waals surface area contributed by atoms with E-state index in [2.05, 4.69) is 6.92 Å². The maximum atomic E-state index is 13.3. The summed E-state index contributed by atoms with van der Waals surface area (Å²) in [4.78, 5) is 27.0. The molecule has 32 heavy (non-hydrogen) atoms. The lowest BCUT2D eigenvalue weighted by molar-refractivity contribution is -0.120. The van der Waals surface area contributed by atoms with Crippen LogP contribution in [-0.4, -0.2) is 36.5 Å². The first-order valence-electron chi connectivity index (χ1n) is 10.9. The SMILES string of the molecule is CC(C)OC(=O)c1cc2c(n(C3CC3)c1=O)-c1cc(Cl)c(OCC3(C)COC3)cc1SC2. The molecule has 170 valence electrons. The normalized spacial score (nSPS) is 18.5. The Labute approximate surface area is 196 Å². The monoisotopic (exact) mass is 475 g/mol. The first-order chi connectivity index (χ1) is 15.3. The van der Waals surface area contributed by atoms with E-state index in [0.717, 1.165) is 34.6 Å². The Balaban J connectivity index is 1.55. The molecule has 0 unspecified atom stereocenters. The lowest BCUT2D eigenvalue weighted by atomic mass is 9.90. The van der Waals surface area contributed by atoms with Crippen molar-refractivity contribution in [2.75, 3.05) is 19.8 Å². The number of carbonyl (C=O) groups is 1. The molecule has 1 aromatic carbocycles. The number of esters is 1. The van der Waals surface area contributed by atoms with E-state index in [-0.39, 0.29) is 28.7 Å². The molecule has 2 aromatic rings. The number of aromatic nitrogens is 1. The van der Waals surface area contributed by atoms with Gasteiger partial charge in [0, 0.05) is 27.7 Å². The van der Waals surface area contributed by atoms with Gasteiger partial charge in [0.15, 0.2) is 0 Å². The molecular weight excluding hydrogens is 450 g/mol. The molecule has 3 heterocycles. The smallest absolute Gasteiger partial charge is 0.344 e. The van der Waals surface area contributed by atoms with Gasteiger partial charge >= 0.3 is 5.97 Å². The van der Waals surface area contributed by atoms with Crippen LogP contribution >= 0.6 is 23.4 Å². The first kappa shape index (κ1) is 21.9. The third kappa shape index (κ3) is 3.95. The van der Waals surface area contributed by atoms with Crippen LogP contribution in [0.5, 0.6) is 5.75 Å². The van der Waals surface area contributed by atoms with Crippen molar-refractivity contribution in [2.45, 2.75) is 56.4 Å². The summed E-state index contributed by atoms with van der Waals surface area (Å²) >= 11 is 8.27. The van der Waals surface area contributed by atoms with E-state index in [1.54, 1.807) is 36.2 Å². The molecule has 8 heteroatoms. The van der Waals surface area contributed by atoms with Crippen LogP contribution in [0.2, 0.25) is 5.02 Å². The van der Waals surface area contributed by atoms with Gasteiger partial charge in [-0.05, 0) is 50.5 Å². The molecule has 0 N–H and O–H groups in total. The van der Waals surface area contributed by atoms with Crippen LogP contribution in [0.4, 0.5) is 0 Å². The van der Waals surface area contributed by atoms with Gasteiger partial charge in [0.2, 0.25) is 0 Å². The fourth-order valence-corrected chi connectivity index (χ4v) is 5.35. The van der Waals surface area contributed by atoms with Crippen molar-refractivity contribution in [1.82, 2.24) is 4.57 Å². The van der Waals surface area contributed by atoms with E-state index >= 15 is 0 Å². The quantitative estimate of drug-likeness (QED) is 0.542. The second-order valence-corrected chi connectivity index (χ2v) is 10.9. The molecule has 3 aliphatic rings. The molecule has 5 rings (SSSR count). The van der Waals surface area contributed by atoms with Crippen LogP contribution in [0.1, 0.15) is 55.6 Å². The molecule has 1 aliphatic carbocycles. The number of carbonyl (C=O) groups excluding carboxylic acids is 1. The van der Waals surface area contributed by atoms with Gasteiger partial charge in [0.05, 0.1) is 36.6 Å². The topological polar surface area (TPSA) is 66.8 Å². The maximum Gasteiger partial charge on any atom is 0.344 e. The number of ether oxygens (including phenoxy) is 3. The van der Waals surface area contributed by atoms with Gasteiger partial charge < -0.3 is 18.8 Å². The molecule has 0 spiro atoms. The highest BCUT2D eigenvalue weighted by atomic mass is 35.5. The van der Waals surface area contributed by atoms with Crippen LogP contribution < -0.4 is 10.3 Å². The number of pyridine rings is 1. The minimum atomic E-state index is -0.562. The van der Waals surface area contributed by atoms with Crippen molar-refractivity contribution in [2.24, 2.45) is 5.41 Å². The van der Waals surface area contributed by atoms with Crippen molar-refractivity contribution in [3.63, 3.8) is 0 Å². The summed E-state index contributed by atoms with van der Waals surface area (Å²) in [5.74, 6) is 0.740. The predicted molar refractivity (Wildman–Crippen MR) is 124 cm³/mol. The standard InChI is InChI=1S/C24H26ClNO5S/c1-13(2)31-23(28)17-6-14-9-32-20-8-19(30-12-24(3)10-29-11-24)18(25)7-16(20)21(14)26(22(17)27)15-4-5-15/h6-8,13,15H,4-5,9-12H2,1-3H3. The highest BCUT2D eigenvalue weighted by molar-refractivity contribution is 7.98. The van der Waals surface area contributed by atoms with Gasteiger partial charge in [-0.1, -0.05) is 18.5 Å². The zero-order chi connectivity index (χ0) is 22.6. The fourth-order valence-electron chi connectivity index (χ4n) is 4.10. The number of fused-ring (bicyclic) bond motifs is 3. The van der Waals surface area contributed by atoms with Gasteiger partial charge in [-0.15, -0.1) is 11.8 Å². The summed E-state index contributed by atoms with van der Waals surface area (Å²) in [6, 6.07) is 5.66. The molecule has 0 atom stereocenters. The van der Waals surface area contributed by atoms with Crippen molar-refractivity contribution in [3.8, 4) is 17.0 Å². The molecule has 2 fully saturated rings. The number of benzene rings is 1. The number of hydrogen-bond donors (Lipinski definition) is 0. The van der Waals surface area contributed by atoms with E-state index in [1.807, 2.05) is 12.1 Å². The second-order valence-electron chi connectivity index (χ2n) is 9.45.